The summed E-state index contributed by atoms with van der Waals surface area (Å²) in [6.45, 7) is 0. The Morgan fingerprint density at radius 2 is 1.12 bits per heavy atom. The summed E-state index contributed by atoms with van der Waals surface area (Å²) in [5.41, 5.74) is 0. The van der Waals surface area contributed by atoms with Crippen molar-refractivity contribution in [3.8, 4) is 0 Å². The average Bonchev–Trinajstić information content (AvgIpc) is 0.722. The maximum atomic E-state index is 8.74. The molecule has 0 aliphatic carbocycles. The maximum absolute atomic E-state index is 8.74. The molecule has 0 heterocycles. The average molecular weight is 306 g/mol. The van der Waals surface area contributed by atoms with Crippen molar-refractivity contribution in [3.05, 3.63) is 0 Å². The van der Waals surface area contributed by atoms with Crippen molar-refractivity contribution in [1.82, 2.24) is 0 Å². The van der Waals surface area contributed by atoms with Gasteiger partial charge in [-0.2, -0.15) is 8.42 Å². The molecule has 0 saturated carbocycles. The second-order valence-electron chi connectivity index (χ2n) is 0.448. The summed E-state index contributed by atoms with van der Waals surface area (Å²) in [5.74, 6) is 0. The van der Waals surface area contributed by atoms with Crippen LogP contribution in [0.1, 0.15) is 2.85 Å². The Bertz CT molecular complexity index is 104. The molecular formula is H5IK2O4S. The van der Waals surface area contributed by atoms with Gasteiger partial charge >= 0.3 is 113 Å². The molecule has 0 aliphatic heterocycles. The second-order valence-corrected chi connectivity index (χ2v) is 1.34. The zero-order valence-corrected chi connectivity index (χ0v) is 13.9. The van der Waals surface area contributed by atoms with E-state index in [9.17, 15) is 0 Å². The van der Waals surface area contributed by atoms with Gasteiger partial charge in [-0.05, 0) is 0 Å². The number of hydrogen-bond acceptors (Lipinski definition) is 2. The molecule has 0 saturated heterocycles. The van der Waals surface area contributed by atoms with Crippen LogP contribution < -0.4 is 103 Å². The van der Waals surface area contributed by atoms with Crippen molar-refractivity contribution in [1.29, 1.82) is 0 Å². The molecule has 0 spiro atoms. The molecule has 0 bridgehead atoms. The summed E-state index contributed by atoms with van der Waals surface area (Å²) in [6.07, 6.45) is 0. The second kappa shape index (κ2) is 10.9. The van der Waals surface area contributed by atoms with Crippen LogP contribution in [0.4, 0.5) is 0 Å². The molecule has 0 rings (SSSR count). The summed E-state index contributed by atoms with van der Waals surface area (Å²) in [7, 11) is -4.67. The van der Waals surface area contributed by atoms with Crippen LogP contribution in [-0.2, 0) is 10.4 Å². The minimum Gasteiger partial charge on any atom is -1.00 e. The molecule has 44 valence electrons. The van der Waals surface area contributed by atoms with Crippen molar-refractivity contribution >= 4 is 34.4 Å². The molecule has 4 nitrogen and oxygen atoms in total. The smallest absolute Gasteiger partial charge is 1.00 e. The molecule has 0 fully saturated rings. The van der Waals surface area contributed by atoms with Gasteiger partial charge in [0.05, 0.1) is 0 Å². The SMILES string of the molecule is I.O=S(=O)(O)O.[H-].[H-].[K+].[K+]. The molecule has 0 unspecified atom stereocenters. The summed E-state index contributed by atoms with van der Waals surface area (Å²) in [6, 6.07) is 0. The van der Waals surface area contributed by atoms with Gasteiger partial charge in [-0.15, -0.1) is 24.0 Å². The van der Waals surface area contributed by atoms with Gasteiger partial charge in [0, 0.05) is 0 Å². The molecule has 2 N–H and O–H groups in total. The summed E-state index contributed by atoms with van der Waals surface area (Å²) >= 11 is 0. The Morgan fingerprint density at radius 1 is 1.12 bits per heavy atom. The number of rotatable bonds is 0. The van der Waals surface area contributed by atoms with Crippen LogP contribution in [0, 0.1) is 0 Å². The predicted octanol–water partition coefficient (Wildman–Crippen LogP) is -5.80. The predicted molar refractivity (Wildman–Crippen MR) is 31.8 cm³/mol. The molecule has 8 heavy (non-hydrogen) atoms. The fourth-order valence-corrected chi connectivity index (χ4v) is 0. The van der Waals surface area contributed by atoms with E-state index in [4.69, 9.17) is 17.5 Å². The van der Waals surface area contributed by atoms with Gasteiger partial charge in [0.15, 0.2) is 0 Å². The monoisotopic (exact) mass is 306 g/mol. The Hall–Kier alpha value is 3.87. The molecule has 8 heteroatoms. The molecule has 0 aliphatic rings. The standard InChI is InChI=1S/HI.2K.H2O4S.2H/c;;;1-5(2,3)4;;/h1H;;;(H2,1,2,3,4);;/q;2*+1;;2*-1. The largest absolute Gasteiger partial charge is 1.00 e. The van der Waals surface area contributed by atoms with Gasteiger partial charge < -0.3 is 2.85 Å². The summed E-state index contributed by atoms with van der Waals surface area (Å²) in [4.78, 5) is 0. The van der Waals surface area contributed by atoms with Crippen molar-refractivity contribution in [3.63, 3.8) is 0 Å². The van der Waals surface area contributed by atoms with Crippen molar-refractivity contribution in [2.75, 3.05) is 0 Å². The fraction of sp³-hybridized carbons (Fsp3) is 0. The molecule has 0 atom stereocenters. The summed E-state index contributed by atoms with van der Waals surface area (Å²) < 4.78 is 31.6. The molecule has 0 aromatic rings. The van der Waals surface area contributed by atoms with E-state index in [1.54, 1.807) is 0 Å². The first-order chi connectivity index (χ1) is 2.00. The van der Waals surface area contributed by atoms with Crippen LogP contribution in [0.5, 0.6) is 0 Å². The third-order valence-corrected chi connectivity index (χ3v) is 0. The number of halogens is 1. The van der Waals surface area contributed by atoms with E-state index in [0.717, 1.165) is 0 Å². The molecule has 0 aromatic carbocycles. The Kier molecular flexibility index (Phi) is 30.8. The zero-order chi connectivity index (χ0) is 4.50. The van der Waals surface area contributed by atoms with E-state index in [2.05, 4.69) is 0 Å². The summed E-state index contributed by atoms with van der Waals surface area (Å²) in [5, 5.41) is 0. The van der Waals surface area contributed by atoms with Crippen LogP contribution in [0.15, 0.2) is 0 Å². The Balaban J connectivity index is -0.00000000800. The molecule has 0 aromatic heterocycles. The minimum atomic E-state index is -4.67. The van der Waals surface area contributed by atoms with E-state index in [1.165, 1.54) is 0 Å². The maximum Gasteiger partial charge on any atom is 1.00 e. The first-order valence-corrected chi connectivity index (χ1v) is 2.10. The molecule has 0 amide bonds. The third kappa shape index (κ3) is 51.8. The van der Waals surface area contributed by atoms with E-state index in [-0.39, 0.29) is 130 Å². The van der Waals surface area contributed by atoms with Crippen molar-refractivity contribution < 1.29 is 123 Å². The minimum absolute atomic E-state index is 0. The third-order valence-electron chi connectivity index (χ3n) is 0. The van der Waals surface area contributed by atoms with Crippen LogP contribution in [0.2, 0.25) is 0 Å². The van der Waals surface area contributed by atoms with Crippen molar-refractivity contribution in [2.45, 2.75) is 0 Å². The van der Waals surface area contributed by atoms with Gasteiger partial charge in [-0.1, -0.05) is 0 Å². The van der Waals surface area contributed by atoms with Crippen molar-refractivity contribution in [2.24, 2.45) is 0 Å². The van der Waals surface area contributed by atoms with Gasteiger partial charge in [-0.25, -0.2) is 0 Å². The van der Waals surface area contributed by atoms with Crippen LogP contribution in [-0.4, -0.2) is 17.5 Å². The fourth-order valence-electron chi connectivity index (χ4n) is 0. The number of hydrogen-bond donors (Lipinski definition) is 2. The van der Waals surface area contributed by atoms with Crippen LogP contribution >= 0.6 is 24.0 Å². The topological polar surface area (TPSA) is 74.6 Å². The quantitative estimate of drug-likeness (QED) is 0.266. The van der Waals surface area contributed by atoms with Crippen LogP contribution in [0.25, 0.3) is 0 Å². The van der Waals surface area contributed by atoms with E-state index >= 15 is 0 Å². The zero-order valence-electron chi connectivity index (χ0n) is 6.53. The molecular weight excluding hydrogens is 301 g/mol. The normalized spacial score (nSPS) is 7.25. The first-order valence-electron chi connectivity index (χ1n) is 0.698. The van der Waals surface area contributed by atoms with Gasteiger partial charge in [0.2, 0.25) is 0 Å². The Labute approximate surface area is 153 Å². The Morgan fingerprint density at radius 3 is 1.12 bits per heavy atom. The van der Waals surface area contributed by atoms with Gasteiger partial charge in [0.25, 0.3) is 0 Å². The van der Waals surface area contributed by atoms with Gasteiger partial charge in [0.1, 0.15) is 0 Å². The van der Waals surface area contributed by atoms with Gasteiger partial charge in [-0.3, -0.25) is 9.11 Å². The van der Waals surface area contributed by atoms with Crippen LogP contribution in [0.3, 0.4) is 0 Å². The molecule has 0 radical (unpaired) electrons. The first kappa shape index (κ1) is 22.6. The van der Waals surface area contributed by atoms with E-state index in [1.807, 2.05) is 0 Å². The van der Waals surface area contributed by atoms with E-state index < -0.39 is 10.4 Å². The van der Waals surface area contributed by atoms with E-state index in [0.29, 0.717) is 0 Å².